The number of nitrogens with one attached hydrogen (secondary N) is 3. The Kier molecular flexibility index (Phi) is 1.72. The summed E-state index contributed by atoms with van der Waals surface area (Å²) >= 11 is 0. The zero-order valence-corrected chi connectivity index (χ0v) is 7.31. The molecule has 0 unspecified atom stereocenters. The number of hydrogen-bond donors (Lipinski definition) is 3. The van der Waals surface area contributed by atoms with Crippen LogP contribution in [0.25, 0.3) is 0 Å². The van der Waals surface area contributed by atoms with Gasteiger partial charge in [-0.2, -0.15) is 0 Å². The largest absolute Gasteiger partial charge is 0.341 e. The van der Waals surface area contributed by atoms with Crippen molar-refractivity contribution in [2.45, 2.75) is 18.4 Å². The first kappa shape index (κ1) is 7.86. The van der Waals surface area contributed by atoms with E-state index in [0.717, 1.165) is 25.9 Å². The molecule has 1 aliphatic heterocycles. The standard InChI is InChI=1S/C8H15N3O/c1-9-7(12)11-8(2-3-8)6-4-10-5-6/h6,10H,2-5H2,1H3,(H2,9,11,12). The van der Waals surface area contributed by atoms with Gasteiger partial charge < -0.3 is 16.0 Å². The third-order valence-electron chi connectivity index (χ3n) is 2.94. The van der Waals surface area contributed by atoms with Crippen molar-refractivity contribution in [3.8, 4) is 0 Å². The molecule has 1 saturated carbocycles. The summed E-state index contributed by atoms with van der Waals surface area (Å²) in [5.41, 5.74) is 0.144. The third-order valence-corrected chi connectivity index (χ3v) is 2.94. The van der Waals surface area contributed by atoms with Crippen molar-refractivity contribution < 1.29 is 4.79 Å². The highest BCUT2D eigenvalue weighted by Gasteiger charge is 2.52. The van der Waals surface area contributed by atoms with Crippen molar-refractivity contribution in [3.63, 3.8) is 0 Å². The zero-order valence-electron chi connectivity index (χ0n) is 7.31. The second-order valence-corrected chi connectivity index (χ2v) is 3.72. The average Bonchev–Trinajstić information content (AvgIpc) is 2.65. The van der Waals surface area contributed by atoms with Crippen LogP contribution >= 0.6 is 0 Å². The SMILES string of the molecule is CNC(=O)NC1(C2CNC2)CC1. The summed E-state index contributed by atoms with van der Waals surface area (Å²) in [5, 5.41) is 8.85. The minimum Gasteiger partial charge on any atom is -0.341 e. The summed E-state index contributed by atoms with van der Waals surface area (Å²) in [7, 11) is 1.66. The minimum atomic E-state index is -0.0422. The Morgan fingerprint density at radius 1 is 1.50 bits per heavy atom. The predicted molar refractivity (Wildman–Crippen MR) is 45.9 cm³/mol. The molecular formula is C8H15N3O. The molecule has 1 heterocycles. The fourth-order valence-electron chi connectivity index (χ4n) is 1.74. The van der Waals surface area contributed by atoms with E-state index in [2.05, 4.69) is 16.0 Å². The highest BCUT2D eigenvalue weighted by Crippen LogP contribution is 2.43. The van der Waals surface area contributed by atoms with Crippen LogP contribution in [0.1, 0.15) is 12.8 Å². The van der Waals surface area contributed by atoms with Gasteiger partial charge in [-0.05, 0) is 12.8 Å². The van der Waals surface area contributed by atoms with Crippen molar-refractivity contribution in [1.82, 2.24) is 16.0 Å². The van der Waals surface area contributed by atoms with Gasteiger partial charge in [0.25, 0.3) is 0 Å². The summed E-state index contributed by atoms with van der Waals surface area (Å²) in [5.74, 6) is 0.662. The molecule has 2 fully saturated rings. The summed E-state index contributed by atoms with van der Waals surface area (Å²) in [6.07, 6.45) is 2.29. The van der Waals surface area contributed by atoms with E-state index in [-0.39, 0.29) is 11.6 Å². The minimum absolute atomic E-state index is 0.0422. The highest BCUT2D eigenvalue weighted by atomic mass is 16.2. The van der Waals surface area contributed by atoms with E-state index < -0.39 is 0 Å². The maximum atomic E-state index is 11.1. The van der Waals surface area contributed by atoms with Crippen molar-refractivity contribution in [2.24, 2.45) is 5.92 Å². The van der Waals surface area contributed by atoms with Gasteiger partial charge in [-0.1, -0.05) is 0 Å². The number of urea groups is 1. The lowest BCUT2D eigenvalue weighted by Gasteiger charge is -2.35. The van der Waals surface area contributed by atoms with Crippen LogP contribution in [0.15, 0.2) is 0 Å². The molecule has 4 heteroatoms. The summed E-state index contributed by atoms with van der Waals surface area (Å²) in [6, 6.07) is -0.0422. The van der Waals surface area contributed by atoms with Gasteiger partial charge in [0.05, 0.1) is 0 Å². The van der Waals surface area contributed by atoms with Gasteiger partial charge in [-0.15, -0.1) is 0 Å². The fraction of sp³-hybridized carbons (Fsp3) is 0.875. The monoisotopic (exact) mass is 169 g/mol. The van der Waals surface area contributed by atoms with Gasteiger partial charge >= 0.3 is 6.03 Å². The van der Waals surface area contributed by atoms with E-state index in [1.165, 1.54) is 0 Å². The summed E-state index contributed by atoms with van der Waals surface area (Å²) in [6.45, 7) is 2.12. The number of hydrogen-bond acceptors (Lipinski definition) is 2. The smallest absolute Gasteiger partial charge is 0.314 e. The quantitative estimate of drug-likeness (QED) is 0.530. The topological polar surface area (TPSA) is 53.2 Å². The molecule has 0 bridgehead atoms. The number of carbonyl (C=O) groups excluding carboxylic acids is 1. The summed E-state index contributed by atoms with van der Waals surface area (Å²) in [4.78, 5) is 11.1. The van der Waals surface area contributed by atoms with Gasteiger partial charge in [-0.25, -0.2) is 4.79 Å². The molecule has 2 aliphatic rings. The highest BCUT2D eigenvalue weighted by molar-refractivity contribution is 5.75. The molecule has 0 aromatic rings. The number of carbonyl (C=O) groups is 1. The van der Waals surface area contributed by atoms with Gasteiger partial charge in [-0.3, -0.25) is 0 Å². The molecule has 2 amide bonds. The molecule has 1 aliphatic carbocycles. The maximum Gasteiger partial charge on any atom is 0.314 e. The van der Waals surface area contributed by atoms with E-state index in [1.807, 2.05) is 0 Å². The van der Waals surface area contributed by atoms with E-state index in [9.17, 15) is 4.79 Å². The van der Waals surface area contributed by atoms with Crippen LogP contribution in [0.4, 0.5) is 4.79 Å². The second-order valence-electron chi connectivity index (χ2n) is 3.72. The molecular weight excluding hydrogens is 154 g/mol. The average molecular weight is 169 g/mol. The molecule has 4 nitrogen and oxygen atoms in total. The number of amides is 2. The van der Waals surface area contributed by atoms with Crippen LogP contribution in [0.5, 0.6) is 0 Å². The van der Waals surface area contributed by atoms with Crippen molar-refractivity contribution >= 4 is 6.03 Å². The van der Waals surface area contributed by atoms with Crippen LogP contribution in [-0.2, 0) is 0 Å². The van der Waals surface area contributed by atoms with Crippen LogP contribution in [0, 0.1) is 5.92 Å². The third kappa shape index (κ3) is 1.16. The first-order valence-electron chi connectivity index (χ1n) is 4.47. The van der Waals surface area contributed by atoms with Crippen LogP contribution in [-0.4, -0.2) is 31.7 Å². The molecule has 0 radical (unpaired) electrons. The molecule has 2 rings (SSSR count). The van der Waals surface area contributed by atoms with Gasteiger partial charge in [0.15, 0.2) is 0 Å². The Morgan fingerprint density at radius 2 is 2.17 bits per heavy atom. The first-order chi connectivity index (χ1) is 5.77. The first-order valence-corrected chi connectivity index (χ1v) is 4.47. The number of rotatable bonds is 2. The van der Waals surface area contributed by atoms with E-state index in [1.54, 1.807) is 7.05 Å². The lowest BCUT2D eigenvalue weighted by Crippen LogP contribution is -2.57. The van der Waals surface area contributed by atoms with Crippen molar-refractivity contribution in [2.75, 3.05) is 20.1 Å². The molecule has 0 spiro atoms. The molecule has 12 heavy (non-hydrogen) atoms. The van der Waals surface area contributed by atoms with Gasteiger partial charge in [0.1, 0.15) is 0 Å². The predicted octanol–water partition coefficient (Wildman–Crippen LogP) is -0.333. The Balaban J connectivity index is 1.88. The molecule has 0 aromatic carbocycles. The maximum absolute atomic E-state index is 11.1. The molecule has 68 valence electrons. The van der Waals surface area contributed by atoms with Crippen LogP contribution in [0.2, 0.25) is 0 Å². The lowest BCUT2D eigenvalue weighted by atomic mass is 9.91. The van der Waals surface area contributed by atoms with Crippen LogP contribution < -0.4 is 16.0 Å². The van der Waals surface area contributed by atoms with E-state index in [4.69, 9.17) is 0 Å². The molecule has 3 N–H and O–H groups in total. The Hall–Kier alpha value is -0.770. The van der Waals surface area contributed by atoms with Crippen molar-refractivity contribution in [3.05, 3.63) is 0 Å². The second kappa shape index (κ2) is 2.62. The van der Waals surface area contributed by atoms with Crippen molar-refractivity contribution in [1.29, 1.82) is 0 Å². The van der Waals surface area contributed by atoms with E-state index >= 15 is 0 Å². The normalized spacial score (nSPS) is 25.8. The van der Waals surface area contributed by atoms with Crippen LogP contribution in [0.3, 0.4) is 0 Å². The molecule has 0 aromatic heterocycles. The summed E-state index contributed by atoms with van der Waals surface area (Å²) < 4.78 is 0. The zero-order chi connectivity index (χ0) is 8.60. The molecule has 0 atom stereocenters. The van der Waals surface area contributed by atoms with Gasteiger partial charge in [0.2, 0.25) is 0 Å². The Bertz CT molecular complexity index is 196. The van der Waals surface area contributed by atoms with E-state index in [0.29, 0.717) is 5.92 Å². The Morgan fingerprint density at radius 3 is 2.50 bits per heavy atom. The Labute approximate surface area is 72.1 Å². The lowest BCUT2D eigenvalue weighted by molar-refractivity contribution is 0.211. The van der Waals surface area contributed by atoms with Gasteiger partial charge in [0, 0.05) is 31.6 Å². The fourth-order valence-corrected chi connectivity index (χ4v) is 1.74. The molecule has 1 saturated heterocycles.